The molecule has 2 rings (SSSR count). The summed E-state index contributed by atoms with van der Waals surface area (Å²) >= 11 is 0. The number of halogens is 3. The summed E-state index contributed by atoms with van der Waals surface area (Å²) in [5.74, 6) is -0.396. The maximum absolute atomic E-state index is 12.6. The van der Waals surface area contributed by atoms with Gasteiger partial charge in [0.1, 0.15) is 5.54 Å². The highest BCUT2D eigenvalue weighted by Gasteiger charge is 2.63. The predicted molar refractivity (Wildman–Crippen MR) is 52.5 cm³/mol. The van der Waals surface area contributed by atoms with Gasteiger partial charge >= 0.3 is 12.0 Å². The average Bonchev–Trinajstić information content (AvgIpc) is 2.98. The largest absolute Gasteiger partial charge is 0.411 e. The molecule has 1 aliphatic rings. The zero-order valence-corrected chi connectivity index (χ0v) is 8.49. The van der Waals surface area contributed by atoms with Crippen LogP contribution in [-0.2, 0) is 0 Å². The fourth-order valence-corrected chi connectivity index (χ4v) is 1.45. The van der Waals surface area contributed by atoms with Crippen LogP contribution < -0.4 is 5.32 Å². The Bertz CT molecular complexity index is 440. The number of rotatable bonds is 3. The summed E-state index contributed by atoms with van der Waals surface area (Å²) in [5.41, 5.74) is -1.75. The molecule has 1 aromatic rings. The second-order valence-electron chi connectivity index (χ2n) is 3.87. The second kappa shape index (κ2) is 3.57. The number of aromatic nitrogens is 1. The fourth-order valence-electron chi connectivity index (χ4n) is 1.45. The van der Waals surface area contributed by atoms with E-state index in [1.165, 1.54) is 6.07 Å². The molecule has 0 atom stereocenters. The maximum atomic E-state index is 12.6. The van der Waals surface area contributed by atoms with Crippen molar-refractivity contribution in [2.75, 3.05) is 5.32 Å². The van der Waals surface area contributed by atoms with E-state index in [0.29, 0.717) is 0 Å². The number of pyridine rings is 1. The van der Waals surface area contributed by atoms with E-state index in [2.05, 4.69) is 10.3 Å². The Morgan fingerprint density at radius 1 is 1.41 bits per heavy atom. The van der Waals surface area contributed by atoms with E-state index in [9.17, 15) is 23.3 Å². The molecule has 1 aliphatic carbocycles. The van der Waals surface area contributed by atoms with Gasteiger partial charge in [-0.1, -0.05) is 0 Å². The SMILES string of the molecule is O=[N+]([O-])c1ccc(NC2(C(F)(F)F)CC2)cn1. The maximum Gasteiger partial charge on any atom is 0.411 e. The number of hydrogen-bond acceptors (Lipinski definition) is 4. The van der Waals surface area contributed by atoms with Gasteiger partial charge in [0.25, 0.3) is 0 Å². The third-order valence-corrected chi connectivity index (χ3v) is 2.61. The molecule has 0 amide bonds. The molecule has 1 heterocycles. The molecular weight excluding hydrogens is 239 g/mol. The topological polar surface area (TPSA) is 68.1 Å². The molecule has 0 saturated heterocycles. The van der Waals surface area contributed by atoms with Crippen LogP contribution in [0.3, 0.4) is 0 Å². The van der Waals surface area contributed by atoms with Gasteiger partial charge < -0.3 is 15.4 Å². The van der Waals surface area contributed by atoms with Crippen molar-refractivity contribution in [3.63, 3.8) is 0 Å². The van der Waals surface area contributed by atoms with E-state index in [-0.39, 0.29) is 18.5 Å². The summed E-state index contributed by atoms with van der Waals surface area (Å²) in [7, 11) is 0. The van der Waals surface area contributed by atoms with Gasteiger partial charge in [-0.05, 0) is 28.8 Å². The van der Waals surface area contributed by atoms with Crippen LogP contribution >= 0.6 is 0 Å². The first kappa shape index (κ1) is 11.6. The van der Waals surface area contributed by atoms with E-state index in [1.54, 1.807) is 0 Å². The van der Waals surface area contributed by atoms with Crippen molar-refractivity contribution in [3.05, 3.63) is 28.4 Å². The zero-order valence-electron chi connectivity index (χ0n) is 8.49. The van der Waals surface area contributed by atoms with E-state index in [0.717, 1.165) is 12.3 Å². The summed E-state index contributed by atoms with van der Waals surface area (Å²) in [5, 5.41) is 12.6. The number of hydrogen-bond donors (Lipinski definition) is 1. The van der Waals surface area contributed by atoms with E-state index >= 15 is 0 Å². The van der Waals surface area contributed by atoms with Crippen molar-refractivity contribution < 1.29 is 18.1 Å². The van der Waals surface area contributed by atoms with Crippen molar-refractivity contribution in [3.8, 4) is 0 Å². The quantitative estimate of drug-likeness (QED) is 0.658. The van der Waals surface area contributed by atoms with Crippen molar-refractivity contribution >= 4 is 11.5 Å². The minimum Gasteiger partial charge on any atom is -0.368 e. The number of nitrogens with zero attached hydrogens (tertiary/aromatic N) is 2. The predicted octanol–water partition coefficient (Wildman–Crippen LogP) is 2.50. The number of anilines is 1. The van der Waals surface area contributed by atoms with Crippen LogP contribution in [0.15, 0.2) is 18.3 Å². The summed E-state index contributed by atoms with van der Waals surface area (Å²) in [4.78, 5) is 13.0. The number of nitrogens with one attached hydrogen (secondary N) is 1. The van der Waals surface area contributed by atoms with Gasteiger partial charge in [-0.25, -0.2) is 0 Å². The Morgan fingerprint density at radius 3 is 2.41 bits per heavy atom. The molecule has 0 aromatic carbocycles. The summed E-state index contributed by atoms with van der Waals surface area (Å²) in [6.07, 6.45) is -3.28. The Labute approximate surface area is 93.8 Å². The molecular formula is C9H8F3N3O2. The standard InChI is InChI=1S/C9H8F3N3O2/c10-9(11,12)8(3-4-8)14-6-1-2-7(13-5-6)15(16)17/h1-2,5,14H,3-4H2. The molecule has 1 N–H and O–H groups in total. The van der Waals surface area contributed by atoms with Crippen LogP contribution in [0, 0.1) is 10.1 Å². The third kappa shape index (κ3) is 2.15. The van der Waals surface area contributed by atoms with Crippen molar-refractivity contribution in [1.82, 2.24) is 4.98 Å². The molecule has 1 aromatic heterocycles. The second-order valence-corrected chi connectivity index (χ2v) is 3.87. The Kier molecular flexibility index (Phi) is 2.44. The van der Waals surface area contributed by atoms with Crippen LogP contribution in [0.25, 0.3) is 0 Å². The highest BCUT2D eigenvalue weighted by Crippen LogP contribution is 2.51. The van der Waals surface area contributed by atoms with Crippen LogP contribution in [0.4, 0.5) is 24.7 Å². The minimum absolute atomic E-state index is 0.00743. The van der Waals surface area contributed by atoms with Crippen molar-refractivity contribution in [1.29, 1.82) is 0 Å². The van der Waals surface area contributed by atoms with Crippen LogP contribution in [0.5, 0.6) is 0 Å². The zero-order chi connectivity index (χ0) is 12.7. The van der Waals surface area contributed by atoms with Gasteiger partial charge in [-0.2, -0.15) is 13.2 Å². The Hall–Kier alpha value is -1.86. The van der Waals surface area contributed by atoms with E-state index in [4.69, 9.17) is 0 Å². The molecule has 17 heavy (non-hydrogen) atoms. The smallest absolute Gasteiger partial charge is 0.368 e. The van der Waals surface area contributed by atoms with Gasteiger partial charge in [0.2, 0.25) is 0 Å². The van der Waals surface area contributed by atoms with Crippen molar-refractivity contribution in [2.24, 2.45) is 0 Å². The van der Waals surface area contributed by atoms with Crippen LogP contribution in [0.2, 0.25) is 0 Å². The highest BCUT2D eigenvalue weighted by atomic mass is 19.4. The highest BCUT2D eigenvalue weighted by molar-refractivity contribution is 5.48. The molecule has 0 aliphatic heterocycles. The lowest BCUT2D eigenvalue weighted by Crippen LogP contribution is -2.38. The first-order valence-electron chi connectivity index (χ1n) is 4.79. The van der Waals surface area contributed by atoms with E-state index < -0.39 is 22.5 Å². The first-order valence-corrected chi connectivity index (χ1v) is 4.79. The van der Waals surface area contributed by atoms with Gasteiger partial charge in [0.15, 0.2) is 6.20 Å². The molecule has 1 fully saturated rings. The monoisotopic (exact) mass is 247 g/mol. The molecule has 8 heteroatoms. The molecule has 5 nitrogen and oxygen atoms in total. The van der Waals surface area contributed by atoms with Crippen molar-refractivity contribution in [2.45, 2.75) is 24.6 Å². The summed E-state index contributed by atoms with van der Waals surface area (Å²) in [6.45, 7) is 0. The normalized spacial score (nSPS) is 17.6. The lowest BCUT2D eigenvalue weighted by molar-refractivity contribution is -0.389. The Morgan fingerprint density at radius 2 is 2.06 bits per heavy atom. The summed E-state index contributed by atoms with van der Waals surface area (Å²) in [6, 6.07) is 2.28. The van der Waals surface area contributed by atoms with E-state index in [1.807, 2.05) is 0 Å². The molecule has 0 spiro atoms. The molecule has 92 valence electrons. The van der Waals surface area contributed by atoms with Crippen LogP contribution in [0.1, 0.15) is 12.8 Å². The number of nitro groups is 1. The van der Waals surface area contributed by atoms with Gasteiger partial charge in [-0.3, -0.25) is 0 Å². The molecule has 1 saturated carbocycles. The Balaban J connectivity index is 2.13. The minimum atomic E-state index is -4.32. The molecule has 0 unspecified atom stereocenters. The number of alkyl halides is 3. The van der Waals surface area contributed by atoms with Gasteiger partial charge in [-0.15, -0.1) is 0 Å². The van der Waals surface area contributed by atoms with Gasteiger partial charge in [0.05, 0.1) is 5.69 Å². The molecule has 0 radical (unpaired) electrons. The third-order valence-electron chi connectivity index (χ3n) is 2.61. The van der Waals surface area contributed by atoms with Gasteiger partial charge in [0, 0.05) is 6.07 Å². The summed E-state index contributed by atoms with van der Waals surface area (Å²) < 4.78 is 37.8. The lowest BCUT2D eigenvalue weighted by atomic mass is 10.2. The average molecular weight is 247 g/mol. The lowest BCUT2D eigenvalue weighted by Gasteiger charge is -2.20. The molecule has 0 bridgehead atoms. The first-order chi connectivity index (χ1) is 7.84. The fraction of sp³-hybridized carbons (Fsp3) is 0.444. The van der Waals surface area contributed by atoms with Crippen LogP contribution in [-0.4, -0.2) is 21.6 Å².